The molecule has 1 unspecified atom stereocenters. The van der Waals surface area contributed by atoms with Crippen LogP contribution >= 0.6 is 0 Å². The molecule has 1 aliphatic heterocycles. The first-order valence-electron chi connectivity index (χ1n) is 6.00. The average molecular weight is 233 g/mol. The van der Waals surface area contributed by atoms with Crippen molar-refractivity contribution in [1.29, 1.82) is 0 Å². The van der Waals surface area contributed by atoms with Gasteiger partial charge in [-0.05, 0) is 30.5 Å². The highest BCUT2D eigenvalue weighted by molar-refractivity contribution is 5.69. The third-order valence-corrected chi connectivity index (χ3v) is 3.36. The van der Waals surface area contributed by atoms with Gasteiger partial charge in [-0.15, -0.1) is 0 Å². The summed E-state index contributed by atoms with van der Waals surface area (Å²) in [5.41, 5.74) is 0.951. The number of rotatable bonds is 2. The summed E-state index contributed by atoms with van der Waals surface area (Å²) in [5.74, 6) is 0.232. The number of carbonyl (C=O) groups excluding carboxylic acids is 1. The fraction of sp³-hybridized carbons (Fsp3) is 0.462. The molecule has 17 heavy (non-hydrogen) atoms. The van der Waals surface area contributed by atoms with Crippen LogP contribution in [0, 0.1) is 0 Å². The van der Waals surface area contributed by atoms with Gasteiger partial charge < -0.3 is 14.7 Å². The first-order valence-corrected chi connectivity index (χ1v) is 6.00. The number of carbonyl (C=O) groups is 1. The van der Waals surface area contributed by atoms with Gasteiger partial charge in [0.15, 0.2) is 0 Å². The van der Waals surface area contributed by atoms with Crippen LogP contribution in [0.25, 0.3) is 0 Å². The minimum Gasteiger partial charge on any atom is -0.508 e. The molecular weight excluding hydrogens is 218 g/mol. The number of phenolic OH excluding ortho intramolecular Hbond substituents is 1. The van der Waals surface area contributed by atoms with E-state index in [1.807, 2.05) is 4.90 Å². The van der Waals surface area contributed by atoms with Gasteiger partial charge in [0, 0.05) is 19.0 Å². The van der Waals surface area contributed by atoms with Crippen LogP contribution in [0.3, 0.4) is 0 Å². The third kappa shape index (κ3) is 2.07. The maximum atomic E-state index is 11.8. The predicted molar refractivity (Wildman–Crippen MR) is 61.7 cm³/mol. The van der Waals surface area contributed by atoms with Crippen LogP contribution in [0.2, 0.25) is 0 Å². The summed E-state index contributed by atoms with van der Waals surface area (Å²) in [5, 5.41) is 9.21. The van der Waals surface area contributed by atoms with Gasteiger partial charge in [0.1, 0.15) is 11.9 Å². The van der Waals surface area contributed by atoms with Crippen molar-refractivity contribution in [3.05, 3.63) is 29.8 Å². The van der Waals surface area contributed by atoms with Crippen LogP contribution in [-0.4, -0.2) is 28.7 Å². The van der Waals surface area contributed by atoms with Crippen LogP contribution in [0.1, 0.15) is 30.9 Å². The standard InChI is InChI=1S/C13H15NO3/c15-11-5-1-9(2-6-11)12-7-8-14(10-3-4-10)13(16)17-12/h1-2,5-6,10,12,15H,3-4,7-8H2. The lowest BCUT2D eigenvalue weighted by Gasteiger charge is -2.32. The number of phenols is 1. The Labute approximate surface area is 99.8 Å². The molecule has 1 atom stereocenters. The van der Waals surface area contributed by atoms with E-state index in [0.717, 1.165) is 31.4 Å². The van der Waals surface area contributed by atoms with Crippen molar-refractivity contribution in [2.24, 2.45) is 0 Å². The van der Waals surface area contributed by atoms with E-state index in [-0.39, 0.29) is 17.9 Å². The Morgan fingerprint density at radius 3 is 2.47 bits per heavy atom. The Hall–Kier alpha value is -1.71. The number of ether oxygens (including phenoxy) is 1. The van der Waals surface area contributed by atoms with Crippen molar-refractivity contribution in [2.75, 3.05) is 6.54 Å². The van der Waals surface area contributed by atoms with Crippen LogP contribution in [0.15, 0.2) is 24.3 Å². The number of aromatic hydroxyl groups is 1. The minimum absolute atomic E-state index is 0.168. The van der Waals surface area contributed by atoms with Crippen molar-refractivity contribution in [1.82, 2.24) is 4.90 Å². The van der Waals surface area contributed by atoms with E-state index in [2.05, 4.69) is 0 Å². The lowest BCUT2D eigenvalue weighted by molar-refractivity contribution is 0.0217. The van der Waals surface area contributed by atoms with Gasteiger partial charge in [-0.25, -0.2) is 4.79 Å². The monoisotopic (exact) mass is 233 g/mol. The van der Waals surface area contributed by atoms with E-state index in [1.54, 1.807) is 24.3 Å². The molecule has 90 valence electrons. The molecule has 1 saturated heterocycles. The number of nitrogens with zero attached hydrogens (tertiary/aromatic N) is 1. The summed E-state index contributed by atoms with van der Waals surface area (Å²) in [4.78, 5) is 13.6. The highest BCUT2D eigenvalue weighted by Crippen LogP contribution is 2.34. The molecule has 4 heteroatoms. The summed E-state index contributed by atoms with van der Waals surface area (Å²) in [7, 11) is 0. The van der Waals surface area contributed by atoms with Crippen LogP contribution in [0.5, 0.6) is 5.75 Å². The fourth-order valence-corrected chi connectivity index (χ4v) is 2.24. The van der Waals surface area contributed by atoms with E-state index < -0.39 is 0 Å². The molecule has 2 aliphatic rings. The van der Waals surface area contributed by atoms with E-state index in [1.165, 1.54) is 0 Å². The third-order valence-electron chi connectivity index (χ3n) is 3.36. The average Bonchev–Trinajstić information content (AvgIpc) is 3.14. The van der Waals surface area contributed by atoms with Gasteiger partial charge in [-0.2, -0.15) is 0 Å². The number of hydrogen-bond donors (Lipinski definition) is 1. The smallest absolute Gasteiger partial charge is 0.410 e. The zero-order valence-electron chi connectivity index (χ0n) is 9.50. The maximum Gasteiger partial charge on any atom is 0.410 e. The molecule has 3 rings (SSSR count). The lowest BCUT2D eigenvalue weighted by Crippen LogP contribution is -2.40. The molecule has 1 amide bonds. The molecule has 0 bridgehead atoms. The molecular formula is C13H15NO3. The summed E-state index contributed by atoms with van der Waals surface area (Å²) in [6, 6.07) is 7.27. The number of cyclic esters (lactones) is 1. The molecule has 1 aliphatic carbocycles. The van der Waals surface area contributed by atoms with E-state index in [0.29, 0.717) is 6.04 Å². The molecule has 1 N–H and O–H groups in total. The maximum absolute atomic E-state index is 11.8. The van der Waals surface area contributed by atoms with Crippen molar-refractivity contribution < 1.29 is 14.6 Å². The number of hydrogen-bond acceptors (Lipinski definition) is 3. The molecule has 0 spiro atoms. The van der Waals surface area contributed by atoms with Crippen LogP contribution in [0.4, 0.5) is 4.79 Å². The van der Waals surface area contributed by atoms with Crippen LogP contribution < -0.4 is 0 Å². The largest absolute Gasteiger partial charge is 0.508 e. The highest BCUT2D eigenvalue weighted by Gasteiger charge is 2.37. The van der Waals surface area contributed by atoms with E-state index >= 15 is 0 Å². The molecule has 4 nitrogen and oxygen atoms in total. The quantitative estimate of drug-likeness (QED) is 0.853. The molecule has 0 aromatic heterocycles. The SMILES string of the molecule is O=C1OC(c2ccc(O)cc2)CCN1C1CC1. The zero-order valence-corrected chi connectivity index (χ0v) is 9.50. The van der Waals surface area contributed by atoms with Gasteiger partial charge in [-0.3, -0.25) is 0 Å². The summed E-state index contributed by atoms with van der Waals surface area (Å²) in [6.45, 7) is 0.773. The summed E-state index contributed by atoms with van der Waals surface area (Å²) >= 11 is 0. The normalized spacial score (nSPS) is 24.6. The van der Waals surface area contributed by atoms with Gasteiger partial charge in [0.05, 0.1) is 0 Å². The van der Waals surface area contributed by atoms with Crippen molar-refractivity contribution >= 4 is 6.09 Å². The second kappa shape index (κ2) is 3.95. The van der Waals surface area contributed by atoms with Crippen LogP contribution in [-0.2, 0) is 4.74 Å². The number of benzene rings is 1. The Bertz CT molecular complexity index is 425. The molecule has 1 aromatic carbocycles. The lowest BCUT2D eigenvalue weighted by atomic mass is 10.1. The van der Waals surface area contributed by atoms with Crippen molar-refractivity contribution in [2.45, 2.75) is 31.4 Å². The van der Waals surface area contributed by atoms with E-state index in [4.69, 9.17) is 4.74 Å². The second-order valence-electron chi connectivity index (χ2n) is 4.68. The zero-order chi connectivity index (χ0) is 11.8. The first kappa shape index (κ1) is 10.4. The predicted octanol–water partition coefficient (Wildman–Crippen LogP) is 2.44. The van der Waals surface area contributed by atoms with Gasteiger partial charge >= 0.3 is 6.09 Å². The summed E-state index contributed by atoms with van der Waals surface area (Å²) in [6.07, 6.45) is 2.68. The van der Waals surface area contributed by atoms with Crippen molar-refractivity contribution in [3.63, 3.8) is 0 Å². The van der Waals surface area contributed by atoms with Gasteiger partial charge in [-0.1, -0.05) is 12.1 Å². The highest BCUT2D eigenvalue weighted by atomic mass is 16.6. The molecule has 1 heterocycles. The Morgan fingerprint density at radius 2 is 1.88 bits per heavy atom. The molecule has 1 saturated carbocycles. The topological polar surface area (TPSA) is 49.8 Å². The first-order chi connectivity index (χ1) is 8.24. The van der Waals surface area contributed by atoms with Gasteiger partial charge in [0.2, 0.25) is 0 Å². The number of amides is 1. The summed E-state index contributed by atoms with van der Waals surface area (Å²) < 4.78 is 5.43. The fourth-order valence-electron chi connectivity index (χ4n) is 2.24. The van der Waals surface area contributed by atoms with Crippen molar-refractivity contribution in [3.8, 4) is 5.75 Å². The van der Waals surface area contributed by atoms with E-state index in [9.17, 15) is 9.90 Å². The molecule has 2 fully saturated rings. The Morgan fingerprint density at radius 1 is 1.18 bits per heavy atom. The van der Waals surface area contributed by atoms with Gasteiger partial charge in [0.25, 0.3) is 0 Å². The molecule has 0 radical (unpaired) electrons. The minimum atomic E-state index is -0.197. The Balaban J connectivity index is 1.70. The molecule has 1 aromatic rings. The Kier molecular flexibility index (Phi) is 2.42. The second-order valence-corrected chi connectivity index (χ2v) is 4.68.